The van der Waals surface area contributed by atoms with Crippen LogP contribution in [0.2, 0.25) is 0 Å². The number of hydrogen-bond donors (Lipinski definition) is 9. The first-order valence-electron chi connectivity index (χ1n) is 31.4. The van der Waals surface area contributed by atoms with Crippen LogP contribution < -0.4 is 5.32 Å². The molecule has 14 nitrogen and oxygen atoms in total. The molecule has 0 radical (unpaired) electrons. The summed E-state index contributed by atoms with van der Waals surface area (Å²) in [6.45, 7) is 2.69. The van der Waals surface area contributed by atoms with Gasteiger partial charge in [0, 0.05) is 6.42 Å². The highest BCUT2D eigenvalue weighted by molar-refractivity contribution is 5.76. The van der Waals surface area contributed by atoms with Crippen molar-refractivity contribution in [1.29, 1.82) is 0 Å². The molecule has 14 heteroatoms. The van der Waals surface area contributed by atoms with E-state index in [0.29, 0.717) is 12.8 Å². The number of ether oxygens (including phenoxy) is 4. The van der Waals surface area contributed by atoms with Crippen LogP contribution in [0.4, 0.5) is 0 Å². The zero-order valence-corrected chi connectivity index (χ0v) is 48.5. The number of aliphatic hydroxyl groups excluding tert-OH is 8. The van der Waals surface area contributed by atoms with E-state index in [1.807, 2.05) is 6.08 Å². The van der Waals surface area contributed by atoms with E-state index >= 15 is 0 Å². The number of allylic oxidation sites excluding steroid dienone is 7. The average molecular weight is 1090 g/mol. The molecule has 450 valence electrons. The topological polar surface area (TPSA) is 228 Å². The summed E-state index contributed by atoms with van der Waals surface area (Å²) < 4.78 is 22.7. The third-order valence-corrected chi connectivity index (χ3v) is 15.2. The Hall–Kier alpha value is -2.05. The van der Waals surface area contributed by atoms with Crippen molar-refractivity contribution in [1.82, 2.24) is 5.32 Å². The van der Waals surface area contributed by atoms with Crippen molar-refractivity contribution in [3.8, 4) is 0 Å². The standard InChI is InChI=1S/C63H115NO13/c1-3-5-7-9-11-13-14-15-16-17-18-19-20-21-22-23-24-25-26-27-28-29-30-31-32-33-34-35-36-37-38-39-41-43-45-47-55(68)64-51(52(67)46-44-42-40-12-10-8-6-4-2)50-74-62-60(73)58(71)61(54(49-66)76-62)77-63-59(72)57(70)56(69)53(48-65)75-63/h10,12,14-15,17-18,44,46,51-54,56-63,65-67,69-73H,3-9,11,13,16,19-43,45,47-50H2,1-2H3,(H,64,68)/b12-10+,15-14-,18-17-,46-44+. The van der Waals surface area contributed by atoms with Gasteiger partial charge >= 0.3 is 0 Å². The summed E-state index contributed by atoms with van der Waals surface area (Å²) in [4.78, 5) is 13.2. The number of rotatable bonds is 50. The average Bonchev–Trinajstić information content (AvgIpc) is 3.44. The van der Waals surface area contributed by atoms with E-state index in [4.69, 9.17) is 18.9 Å². The van der Waals surface area contributed by atoms with E-state index in [0.717, 1.165) is 51.4 Å². The molecule has 2 aliphatic heterocycles. The molecule has 0 saturated carbocycles. The zero-order chi connectivity index (χ0) is 56.0. The lowest BCUT2D eigenvalue weighted by Gasteiger charge is -2.46. The summed E-state index contributed by atoms with van der Waals surface area (Å²) in [6.07, 6.45) is 45.1. The second-order valence-corrected chi connectivity index (χ2v) is 22.2. The highest BCUT2D eigenvalue weighted by atomic mass is 16.7. The van der Waals surface area contributed by atoms with Crippen LogP contribution in [0.3, 0.4) is 0 Å². The van der Waals surface area contributed by atoms with Crippen LogP contribution >= 0.6 is 0 Å². The van der Waals surface area contributed by atoms with Crippen LogP contribution in [-0.2, 0) is 23.7 Å². The van der Waals surface area contributed by atoms with Gasteiger partial charge in [0.15, 0.2) is 12.6 Å². The number of carbonyl (C=O) groups is 1. The molecule has 0 bridgehead atoms. The summed E-state index contributed by atoms with van der Waals surface area (Å²) in [5.41, 5.74) is 0. The molecular formula is C63H115NO13. The Morgan fingerprint density at radius 3 is 1.39 bits per heavy atom. The fourth-order valence-electron chi connectivity index (χ4n) is 10.1. The molecule has 77 heavy (non-hydrogen) atoms. The zero-order valence-electron chi connectivity index (χ0n) is 48.5. The van der Waals surface area contributed by atoms with E-state index in [-0.39, 0.29) is 18.9 Å². The Kier molecular flexibility index (Phi) is 44.9. The van der Waals surface area contributed by atoms with E-state index in [2.05, 4.69) is 55.6 Å². The van der Waals surface area contributed by atoms with Gasteiger partial charge in [-0.1, -0.05) is 236 Å². The number of carbonyl (C=O) groups excluding carboxylic acids is 1. The van der Waals surface area contributed by atoms with Crippen LogP contribution in [-0.4, -0.2) is 140 Å². The molecule has 0 aromatic carbocycles. The molecule has 1 amide bonds. The van der Waals surface area contributed by atoms with E-state index in [9.17, 15) is 45.6 Å². The summed E-state index contributed by atoms with van der Waals surface area (Å²) in [7, 11) is 0. The largest absolute Gasteiger partial charge is 0.394 e. The molecule has 2 saturated heterocycles. The molecule has 2 aliphatic rings. The molecule has 0 aliphatic carbocycles. The Morgan fingerprint density at radius 1 is 0.468 bits per heavy atom. The fourth-order valence-corrected chi connectivity index (χ4v) is 10.1. The van der Waals surface area contributed by atoms with Gasteiger partial charge in [-0.2, -0.15) is 0 Å². The van der Waals surface area contributed by atoms with Crippen molar-refractivity contribution < 1.29 is 64.6 Å². The van der Waals surface area contributed by atoms with Crippen molar-refractivity contribution in [3.63, 3.8) is 0 Å². The van der Waals surface area contributed by atoms with Crippen LogP contribution in [0, 0.1) is 0 Å². The molecule has 2 fully saturated rings. The third-order valence-electron chi connectivity index (χ3n) is 15.2. The molecule has 12 atom stereocenters. The van der Waals surface area contributed by atoms with Crippen molar-refractivity contribution in [2.75, 3.05) is 19.8 Å². The molecule has 2 heterocycles. The fraction of sp³-hybridized carbons (Fsp3) is 0.857. The SMILES string of the molecule is CCCC/C=C/CC/C=C/C(O)C(COC1OC(CO)C(OC2OC(CO)C(O)C(O)C2O)C(O)C1O)NC(=O)CCCCCCCCCCCCCCCCCCCCCCCCC/C=C\C/C=C\CCCCCCC. The molecule has 12 unspecified atom stereocenters. The second-order valence-electron chi connectivity index (χ2n) is 22.2. The normalized spacial score (nSPS) is 25.0. The van der Waals surface area contributed by atoms with Gasteiger partial charge in [0.25, 0.3) is 0 Å². The van der Waals surface area contributed by atoms with Gasteiger partial charge in [-0.25, -0.2) is 0 Å². The van der Waals surface area contributed by atoms with Crippen LogP contribution in [0.5, 0.6) is 0 Å². The first kappa shape index (κ1) is 71.1. The lowest BCUT2D eigenvalue weighted by molar-refractivity contribution is -0.359. The first-order chi connectivity index (χ1) is 37.6. The minimum Gasteiger partial charge on any atom is -0.394 e. The van der Waals surface area contributed by atoms with Crippen LogP contribution in [0.15, 0.2) is 48.6 Å². The molecule has 2 rings (SSSR count). The number of nitrogens with one attached hydrogen (secondary N) is 1. The smallest absolute Gasteiger partial charge is 0.220 e. The van der Waals surface area contributed by atoms with Gasteiger partial charge in [0.2, 0.25) is 5.91 Å². The third kappa shape index (κ3) is 34.1. The quantitative estimate of drug-likeness (QED) is 0.0204. The maximum Gasteiger partial charge on any atom is 0.220 e. The molecule has 0 spiro atoms. The summed E-state index contributed by atoms with van der Waals surface area (Å²) in [6, 6.07) is -0.928. The van der Waals surface area contributed by atoms with Crippen molar-refractivity contribution in [3.05, 3.63) is 48.6 Å². The molecule has 0 aromatic rings. The summed E-state index contributed by atoms with van der Waals surface area (Å²) in [5, 5.41) is 86.7. The minimum atomic E-state index is -1.79. The van der Waals surface area contributed by atoms with E-state index < -0.39 is 86.8 Å². The minimum absolute atomic E-state index is 0.250. The maximum atomic E-state index is 13.2. The number of hydrogen-bond acceptors (Lipinski definition) is 13. The summed E-state index contributed by atoms with van der Waals surface area (Å²) in [5.74, 6) is -0.250. The Morgan fingerprint density at radius 2 is 0.883 bits per heavy atom. The highest BCUT2D eigenvalue weighted by Crippen LogP contribution is 2.30. The van der Waals surface area contributed by atoms with Gasteiger partial charge in [-0.05, 0) is 57.8 Å². The number of unbranched alkanes of at least 4 members (excludes halogenated alkanes) is 31. The van der Waals surface area contributed by atoms with Gasteiger partial charge in [0.1, 0.15) is 48.8 Å². The van der Waals surface area contributed by atoms with Gasteiger partial charge in [-0.3, -0.25) is 4.79 Å². The first-order valence-corrected chi connectivity index (χ1v) is 31.4. The lowest BCUT2D eigenvalue weighted by Crippen LogP contribution is -2.65. The molecular weight excluding hydrogens is 979 g/mol. The predicted octanol–water partition coefficient (Wildman–Crippen LogP) is 11.2. The highest BCUT2D eigenvalue weighted by Gasteiger charge is 2.51. The van der Waals surface area contributed by atoms with Crippen molar-refractivity contribution in [2.24, 2.45) is 0 Å². The maximum absolute atomic E-state index is 13.2. The summed E-state index contributed by atoms with van der Waals surface area (Å²) >= 11 is 0. The number of aliphatic hydroxyl groups is 8. The Balaban J connectivity index is 1.55. The Bertz CT molecular complexity index is 1480. The monoisotopic (exact) mass is 1090 g/mol. The predicted molar refractivity (Wildman–Crippen MR) is 309 cm³/mol. The molecule has 0 aromatic heterocycles. The number of amides is 1. The van der Waals surface area contributed by atoms with Crippen LogP contribution in [0.25, 0.3) is 0 Å². The van der Waals surface area contributed by atoms with Crippen molar-refractivity contribution >= 4 is 5.91 Å². The Labute approximate surface area is 467 Å². The lowest BCUT2D eigenvalue weighted by atomic mass is 9.97. The second kappa shape index (κ2) is 48.6. The van der Waals surface area contributed by atoms with E-state index in [1.54, 1.807) is 6.08 Å². The van der Waals surface area contributed by atoms with Crippen molar-refractivity contribution in [2.45, 2.75) is 325 Å². The van der Waals surface area contributed by atoms with Gasteiger partial charge in [-0.15, -0.1) is 0 Å². The van der Waals surface area contributed by atoms with Gasteiger partial charge < -0.3 is 65.1 Å². The van der Waals surface area contributed by atoms with Gasteiger partial charge in [0.05, 0.1) is 32.0 Å². The van der Waals surface area contributed by atoms with Crippen LogP contribution in [0.1, 0.15) is 251 Å². The molecule has 9 N–H and O–H groups in total. The van der Waals surface area contributed by atoms with E-state index in [1.165, 1.54) is 167 Å².